The number of hydrogen-bond acceptors (Lipinski definition) is 2. The van der Waals surface area contributed by atoms with Crippen LogP contribution < -0.4 is 10.1 Å². The Bertz CT molecular complexity index is 822. The highest BCUT2D eigenvalue weighted by Crippen LogP contribution is 2.31. The van der Waals surface area contributed by atoms with E-state index in [2.05, 4.69) is 10.3 Å². The van der Waals surface area contributed by atoms with Gasteiger partial charge in [-0.1, -0.05) is 29.8 Å². The summed E-state index contributed by atoms with van der Waals surface area (Å²) in [5.74, 6) is 0.302. The molecule has 2 N–H and O–H groups in total. The number of H-pyrrole nitrogens is 1. The van der Waals surface area contributed by atoms with E-state index in [1.54, 1.807) is 19.2 Å². The van der Waals surface area contributed by atoms with Crippen LogP contribution in [0, 0.1) is 6.92 Å². The van der Waals surface area contributed by atoms with Gasteiger partial charge in [0.15, 0.2) is 0 Å². The second-order valence-electron chi connectivity index (χ2n) is 5.03. The Morgan fingerprint density at radius 2 is 2.00 bits per heavy atom. The van der Waals surface area contributed by atoms with Crippen molar-refractivity contribution in [3.05, 3.63) is 58.7 Å². The number of ether oxygens (including phenoxy) is 1. The molecule has 0 radical (unpaired) electrons. The second kappa shape index (κ2) is 5.73. The van der Waals surface area contributed by atoms with Crippen LogP contribution in [0.25, 0.3) is 10.9 Å². The van der Waals surface area contributed by atoms with E-state index < -0.39 is 0 Å². The van der Waals surface area contributed by atoms with E-state index in [9.17, 15) is 4.79 Å². The number of aromatic amines is 1. The van der Waals surface area contributed by atoms with E-state index in [0.717, 1.165) is 16.5 Å². The predicted molar refractivity (Wildman–Crippen MR) is 89.0 cm³/mol. The fraction of sp³-hybridized carbons (Fsp3) is 0.118. The maximum atomic E-state index is 12.4. The van der Waals surface area contributed by atoms with Crippen molar-refractivity contribution in [2.24, 2.45) is 0 Å². The van der Waals surface area contributed by atoms with Crippen LogP contribution in [0.4, 0.5) is 5.69 Å². The number of benzene rings is 2. The van der Waals surface area contributed by atoms with Crippen LogP contribution in [0.15, 0.2) is 42.5 Å². The Kier molecular flexibility index (Phi) is 3.77. The highest BCUT2D eigenvalue weighted by molar-refractivity contribution is 6.31. The summed E-state index contributed by atoms with van der Waals surface area (Å²) in [6, 6.07) is 13.0. The Balaban J connectivity index is 1.92. The smallest absolute Gasteiger partial charge is 0.272 e. The molecule has 2 aromatic carbocycles. The molecule has 0 aliphatic rings. The summed E-state index contributed by atoms with van der Waals surface area (Å²) >= 11 is 6.07. The van der Waals surface area contributed by atoms with Crippen molar-refractivity contribution in [3.8, 4) is 5.75 Å². The van der Waals surface area contributed by atoms with Gasteiger partial charge in [0.2, 0.25) is 0 Å². The molecule has 1 heterocycles. The first-order valence-electron chi connectivity index (χ1n) is 6.81. The van der Waals surface area contributed by atoms with Crippen molar-refractivity contribution in [1.82, 2.24) is 4.98 Å². The number of halogens is 1. The van der Waals surface area contributed by atoms with Crippen molar-refractivity contribution in [2.45, 2.75) is 6.92 Å². The zero-order valence-electron chi connectivity index (χ0n) is 12.2. The molecule has 0 bridgehead atoms. The highest BCUT2D eigenvalue weighted by atomic mass is 35.5. The minimum Gasteiger partial charge on any atom is -0.495 e. The van der Waals surface area contributed by atoms with Gasteiger partial charge in [0.1, 0.15) is 11.4 Å². The lowest BCUT2D eigenvalue weighted by molar-refractivity contribution is 0.102. The maximum absolute atomic E-state index is 12.4. The first-order chi connectivity index (χ1) is 10.6. The van der Waals surface area contributed by atoms with Crippen molar-refractivity contribution in [1.29, 1.82) is 0 Å². The van der Waals surface area contributed by atoms with E-state index >= 15 is 0 Å². The van der Waals surface area contributed by atoms with E-state index in [1.807, 2.05) is 37.3 Å². The van der Waals surface area contributed by atoms with Gasteiger partial charge in [0, 0.05) is 22.0 Å². The summed E-state index contributed by atoms with van der Waals surface area (Å²) < 4.78 is 5.27. The predicted octanol–water partition coefficient (Wildman–Crippen LogP) is 4.39. The molecule has 3 rings (SSSR count). The van der Waals surface area contributed by atoms with Gasteiger partial charge in [0.25, 0.3) is 5.91 Å². The standard InChI is InChI=1S/C17H15ClN2O2/c1-10-7-14(16(22-2)9-12(10)18)20-17(21)15-8-11-5-3-4-6-13(11)19-15/h3-9,19H,1-2H3,(H,20,21). The third-order valence-corrected chi connectivity index (χ3v) is 3.91. The van der Waals surface area contributed by atoms with Gasteiger partial charge >= 0.3 is 0 Å². The summed E-state index contributed by atoms with van der Waals surface area (Å²) in [6.45, 7) is 1.88. The minimum absolute atomic E-state index is 0.226. The molecule has 0 atom stereocenters. The molecule has 112 valence electrons. The molecule has 5 heteroatoms. The van der Waals surface area contributed by atoms with Crippen molar-refractivity contribution in [2.75, 3.05) is 12.4 Å². The minimum atomic E-state index is -0.226. The second-order valence-corrected chi connectivity index (χ2v) is 5.43. The number of nitrogens with one attached hydrogen (secondary N) is 2. The average Bonchev–Trinajstić information content (AvgIpc) is 2.94. The van der Waals surface area contributed by atoms with Gasteiger partial charge in [-0.05, 0) is 30.7 Å². The molecule has 0 spiro atoms. The van der Waals surface area contributed by atoms with Crippen LogP contribution in [-0.2, 0) is 0 Å². The third kappa shape index (κ3) is 2.65. The van der Waals surface area contributed by atoms with E-state index in [4.69, 9.17) is 16.3 Å². The number of methoxy groups -OCH3 is 1. The number of rotatable bonds is 3. The van der Waals surface area contributed by atoms with Gasteiger partial charge in [-0.15, -0.1) is 0 Å². The normalized spacial score (nSPS) is 10.7. The molecular formula is C17H15ClN2O2. The molecule has 1 aromatic heterocycles. The molecule has 0 fully saturated rings. The van der Waals surface area contributed by atoms with E-state index in [-0.39, 0.29) is 5.91 Å². The number of para-hydroxylation sites is 1. The number of aromatic nitrogens is 1. The van der Waals surface area contributed by atoms with E-state index in [1.165, 1.54) is 0 Å². The number of hydrogen-bond donors (Lipinski definition) is 2. The number of amides is 1. The van der Waals surface area contributed by atoms with E-state index in [0.29, 0.717) is 22.2 Å². The Morgan fingerprint density at radius 3 is 2.73 bits per heavy atom. The fourth-order valence-corrected chi connectivity index (χ4v) is 2.47. The molecule has 4 nitrogen and oxygen atoms in total. The summed E-state index contributed by atoms with van der Waals surface area (Å²) in [4.78, 5) is 15.5. The summed E-state index contributed by atoms with van der Waals surface area (Å²) in [6.07, 6.45) is 0. The number of carbonyl (C=O) groups excluding carboxylic acids is 1. The van der Waals surface area contributed by atoms with Gasteiger partial charge in [-0.3, -0.25) is 4.79 Å². The zero-order valence-corrected chi connectivity index (χ0v) is 13.0. The molecule has 0 aliphatic heterocycles. The molecule has 22 heavy (non-hydrogen) atoms. The van der Waals surface area contributed by atoms with Gasteiger partial charge in [-0.2, -0.15) is 0 Å². The Hall–Kier alpha value is -2.46. The summed E-state index contributed by atoms with van der Waals surface area (Å²) in [5, 5.41) is 4.44. The lowest BCUT2D eigenvalue weighted by atomic mass is 10.2. The molecule has 0 unspecified atom stereocenters. The van der Waals surface area contributed by atoms with Crippen LogP contribution >= 0.6 is 11.6 Å². The molecule has 0 saturated heterocycles. The molecule has 0 saturated carbocycles. The maximum Gasteiger partial charge on any atom is 0.272 e. The topological polar surface area (TPSA) is 54.1 Å². The van der Waals surface area contributed by atoms with Gasteiger partial charge in [0.05, 0.1) is 12.8 Å². The number of aryl methyl sites for hydroxylation is 1. The molecule has 3 aromatic rings. The first-order valence-corrected chi connectivity index (χ1v) is 7.19. The SMILES string of the molecule is COc1cc(Cl)c(C)cc1NC(=O)c1cc2ccccc2[nH]1. The number of fused-ring (bicyclic) bond motifs is 1. The van der Waals surface area contributed by atoms with Crippen LogP contribution in [0.5, 0.6) is 5.75 Å². The Labute approximate surface area is 133 Å². The summed E-state index contributed by atoms with van der Waals surface area (Å²) in [7, 11) is 1.54. The Morgan fingerprint density at radius 1 is 1.23 bits per heavy atom. The average molecular weight is 315 g/mol. The fourth-order valence-electron chi connectivity index (χ4n) is 2.32. The monoisotopic (exact) mass is 314 g/mol. The number of carbonyl (C=O) groups is 1. The third-order valence-electron chi connectivity index (χ3n) is 3.50. The van der Waals surface area contributed by atoms with Crippen molar-refractivity contribution >= 4 is 34.1 Å². The summed E-state index contributed by atoms with van der Waals surface area (Å²) in [5.41, 5.74) is 2.88. The van der Waals surface area contributed by atoms with Gasteiger partial charge < -0.3 is 15.0 Å². The van der Waals surface area contributed by atoms with Crippen molar-refractivity contribution in [3.63, 3.8) is 0 Å². The zero-order chi connectivity index (χ0) is 15.7. The first kappa shape index (κ1) is 14.5. The quantitative estimate of drug-likeness (QED) is 0.753. The molecule has 0 aliphatic carbocycles. The largest absolute Gasteiger partial charge is 0.495 e. The van der Waals surface area contributed by atoms with Crippen LogP contribution in [-0.4, -0.2) is 18.0 Å². The highest BCUT2D eigenvalue weighted by Gasteiger charge is 2.13. The molecule has 1 amide bonds. The molecular weight excluding hydrogens is 300 g/mol. The van der Waals surface area contributed by atoms with Crippen LogP contribution in [0.1, 0.15) is 16.1 Å². The van der Waals surface area contributed by atoms with Crippen LogP contribution in [0.2, 0.25) is 5.02 Å². The van der Waals surface area contributed by atoms with Crippen LogP contribution in [0.3, 0.4) is 0 Å². The lowest BCUT2D eigenvalue weighted by Gasteiger charge is -2.11. The number of anilines is 1. The van der Waals surface area contributed by atoms with Gasteiger partial charge in [-0.25, -0.2) is 0 Å². The lowest BCUT2D eigenvalue weighted by Crippen LogP contribution is -2.13. The van der Waals surface area contributed by atoms with Crippen molar-refractivity contribution < 1.29 is 9.53 Å².